The summed E-state index contributed by atoms with van der Waals surface area (Å²) in [7, 11) is -2.23. The third kappa shape index (κ3) is 4.13. The molecule has 2 aromatic carbocycles. The summed E-state index contributed by atoms with van der Waals surface area (Å²) in [4.78, 5) is 21.0. The van der Waals surface area contributed by atoms with E-state index >= 15 is 0 Å². The molecule has 0 spiro atoms. The van der Waals surface area contributed by atoms with Crippen molar-refractivity contribution >= 4 is 50.7 Å². The molecule has 0 bridgehead atoms. The van der Waals surface area contributed by atoms with Gasteiger partial charge < -0.3 is 5.32 Å². The van der Waals surface area contributed by atoms with Crippen molar-refractivity contribution < 1.29 is 13.2 Å². The van der Waals surface area contributed by atoms with E-state index in [-0.39, 0.29) is 16.6 Å². The van der Waals surface area contributed by atoms with Gasteiger partial charge in [0.1, 0.15) is 4.90 Å². The zero-order valence-electron chi connectivity index (χ0n) is 17.0. The molecule has 0 unspecified atom stereocenters. The number of halogens is 1. The lowest BCUT2D eigenvalue weighted by Gasteiger charge is -2.28. The average molecular weight is 475 g/mol. The van der Waals surface area contributed by atoms with Crippen LogP contribution in [-0.2, 0) is 14.8 Å². The lowest BCUT2D eigenvalue weighted by atomic mass is 10.1. The predicted octanol–water partition coefficient (Wildman–Crippen LogP) is 4.28. The molecule has 0 atom stereocenters. The Morgan fingerprint density at radius 3 is 2.71 bits per heavy atom. The normalized spacial score (nSPS) is 14.0. The Balaban J connectivity index is 1.57. The van der Waals surface area contributed by atoms with E-state index in [0.717, 1.165) is 28.5 Å². The number of amides is 1. The molecule has 4 rings (SSSR count). The molecule has 1 amide bonds. The highest BCUT2D eigenvalue weighted by Gasteiger charge is 2.34. The van der Waals surface area contributed by atoms with Crippen molar-refractivity contribution in [3.63, 3.8) is 0 Å². The van der Waals surface area contributed by atoms with Crippen LogP contribution in [0.1, 0.15) is 11.1 Å². The fourth-order valence-electron chi connectivity index (χ4n) is 3.19. The number of anilines is 2. The maximum Gasteiger partial charge on any atom is 0.267 e. The SMILES string of the molecule is Cc1ccc2c(c1)-c1nc(SCC(=O)Nc3ccc(C)c(Cl)c3)ncc1S(=O)(=O)N2C. The molecule has 0 saturated heterocycles. The lowest BCUT2D eigenvalue weighted by molar-refractivity contribution is -0.113. The molecule has 7 nitrogen and oxygen atoms in total. The zero-order valence-corrected chi connectivity index (χ0v) is 19.4. The number of aryl methyl sites for hydroxylation is 2. The molecule has 1 aliphatic rings. The largest absolute Gasteiger partial charge is 0.325 e. The smallest absolute Gasteiger partial charge is 0.267 e. The molecular formula is C21H19ClN4O3S2. The third-order valence-corrected chi connectivity index (χ3v) is 7.95. The number of aromatic nitrogens is 2. The second kappa shape index (κ2) is 8.14. The fourth-order valence-corrected chi connectivity index (χ4v) is 5.29. The summed E-state index contributed by atoms with van der Waals surface area (Å²) in [5.41, 5.74) is 4.14. The summed E-state index contributed by atoms with van der Waals surface area (Å²) >= 11 is 7.23. The van der Waals surface area contributed by atoms with Crippen LogP contribution < -0.4 is 9.62 Å². The molecule has 0 saturated carbocycles. The van der Waals surface area contributed by atoms with Gasteiger partial charge in [-0.25, -0.2) is 18.4 Å². The number of fused-ring (bicyclic) bond motifs is 3. The molecule has 1 aliphatic heterocycles. The van der Waals surface area contributed by atoms with Crippen LogP contribution in [-0.4, -0.2) is 37.1 Å². The molecule has 160 valence electrons. The Morgan fingerprint density at radius 2 is 1.97 bits per heavy atom. The van der Waals surface area contributed by atoms with E-state index < -0.39 is 10.0 Å². The minimum atomic E-state index is -3.74. The Kier molecular flexibility index (Phi) is 5.67. The number of carbonyl (C=O) groups is 1. The standard InChI is InChI=1S/C21H19ClN4O3S2/c1-12-4-7-17-15(8-12)20-18(31(28,29)26(17)3)10-23-21(25-20)30-11-19(27)24-14-6-5-13(2)16(22)9-14/h4-10H,11H2,1-3H3,(H,24,27). The van der Waals surface area contributed by atoms with Gasteiger partial charge in [-0.3, -0.25) is 9.10 Å². The van der Waals surface area contributed by atoms with Gasteiger partial charge in [-0.1, -0.05) is 41.1 Å². The molecule has 31 heavy (non-hydrogen) atoms. The number of benzene rings is 2. The topological polar surface area (TPSA) is 92.3 Å². The van der Waals surface area contributed by atoms with Gasteiger partial charge in [-0.2, -0.15) is 0 Å². The van der Waals surface area contributed by atoms with Gasteiger partial charge in [-0.05, 0) is 43.7 Å². The molecule has 10 heteroatoms. The number of nitrogens with one attached hydrogen (secondary N) is 1. The molecule has 1 aromatic heterocycles. The van der Waals surface area contributed by atoms with Crippen molar-refractivity contribution in [2.45, 2.75) is 23.9 Å². The summed E-state index contributed by atoms with van der Waals surface area (Å²) in [5.74, 6) is -0.174. The monoisotopic (exact) mass is 474 g/mol. The summed E-state index contributed by atoms with van der Waals surface area (Å²) in [6.07, 6.45) is 1.30. The Hall–Kier alpha value is -2.62. The van der Waals surface area contributed by atoms with Crippen LogP contribution in [0.5, 0.6) is 0 Å². The Bertz CT molecular complexity index is 1310. The van der Waals surface area contributed by atoms with Crippen LogP contribution in [0, 0.1) is 13.8 Å². The van der Waals surface area contributed by atoms with E-state index in [1.54, 1.807) is 18.2 Å². The number of thioether (sulfide) groups is 1. The van der Waals surface area contributed by atoms with Crippen molar-refractivity contribution in [2.24, 2.45) is 0 Å². The van der Waals surface area contributed by atoms with E-state index in [1.165, 1.54) is 17.5 Å². The first-order chi connectivity index (χ1) is 14.7. The van der Waals surface area contributed by atoms with Crippen molar-refractivity contribution in [3.8, 4) is 11.3 Å². The van der Waals surface area contributed by atoms with E-state index in [1.807, 2.05) is 32.0 Å². The van der Waals surface area contributed by atoms with Crippen LogP contribution >= 0.6 is 23.4 Å². The lowest BCUT2D eigenvalue weighted by Crippen LogP contribution is -2.31. The first-order valence-electron chi connectivity index (χ1n) is 9.32. The van der Waals surface area contributed by atoms with Crippen molar-refractivity contribution in [2.75, 3.05) is 22.4 Å². The van der Waals surface area contributed by atoms with Gasteiger partial charge in [0.2, 0.25) is 5.91 Å². The zero-order chi connectivity index (χ0) is 22.3. The van der Waals surface area contributed by atoms with Crippen molar-refractivity contribution in [1.82, 2.24) is 9.97 Å². The van der Waals surface area contributed by atoms with Gasteiger partial charge in [-0.15, -0.1) is 0 Å². The molecule has 0 aliphatic carbocycles. The minimum Gasteiger partial charge on any atom is -0.325 e. The highest BCUT2D eigenvalue weighted by molar-refractivity contribution is 7.99. The van der Waals surface area contributed by atoms with E-state index in [4.69, 9.17) is 11.6 Å². The highest BCUT2D eigenvalue weighted by atomic mass is 35.5. The van der Waals surface area contributed by atoms with Gasteiger partial charge in [0.05, 0.1) is 23.3 Å². The number of rotatable bonds is 4. The molecule has 0 radical (unpaired) electrons. The number of hydrogen-bond acceptors (Lipinski definition) is 6. The van der Waals surface area contributed by atoms with Gasteiger partial charge in [0.15, 0.2) is 5.16 Å². The molecule has 3 aromatic rings. The third-order valence-electron chi connectivity index (χ3n) is 4.91. The number of nitrogens with zero attached hydrogens (tertiary/aromatic N) is 3. The fraction of sp³-hybridized carbons (Fsp3) is 0.190. The van der Waals surface area contributed by atoms with E-state index in [0.29, 0.717) is 27.2 Å². The van der Waals surface area contributed by atoms with Gasteiger partial charge in [0.25, 0.3) is 10.0 Å². The summed E-state index contributed by atoms with van der Waals surface area (Å²) in [6, 6.07) is 10.8. The van der Waals surface area contributed by atoms with Crippen LogP contribution in [0.4, 0.5) is 11.4 Å². The summed E-state index contributed by atoms with van der Waals surface area (Å²) in [5, 5.41) is 3.68. The average Bonchev–Trinajstić information content (AvgIpc) is 2.73. The maximum atomic E-state index is 12.8. The molecule has 2 heterocycles. The van der Waals surface area contributed by atoms with Crippen LogP contribution in [0.25, 0.3) is 11.3 Å². The number of sulfonamides is 1. The number of hydrogen-bond donors (Lipinski definition) is 1. The summed E-state index contributed by atoms with van der Waals surface area (Å²) < 4.78 is 26.9. The first kappa shape index (κ1) is 21.6. The second-order valence-corrected chi connectivity index (χ2v) is 10.4. The molecule has 1 N–H and O–H groups in total. The second-order valence-electron chi connectivity index (χ2n) is 7.16. The van der Waals surface area contributed by atoms with Crippen LogP contribution in [0.3, 0.4) is 0 Å². The predicted molar refractivity (Wildman–Crippen MR) is 123 cm³/mol. The van der Waals surface area contributed by atoms with E-state index in [9.17, 15) is 13.2 Å². The van der Waals surface area contributed by atoms with Crippen LogP contribution in [0.2, 0.25) is 5.02 Å². The van der Waals surface area contributed by atoms with Crippen molar-refractivity contribution in [1.29, 1.82) is 0 Å². The highest BCUT2D eigenvalue weighted by Crippen LogP contribution is 2.41. The summed E-state index contributed by atoms with van der Waals surface area (Å²) in [6.45, 7) is 3.82. The Labute approximate surface area is 189 Å². The van der Waals surface area contributed by atoms with Crippen molar-refractivity contribution in [3.05, 3.63) is 58.7 Å². The van der Waals surface area contributed by atoms with Gasteiger partial charge in [0, 0.05) is 23.3 Å². The quantitative estimate of drug-likeness (QED) is 0.448. The molecular weight excluding hydrogens is 456 g/mol. The van der Waals surface area contributed by atoms with E-state index in [2.05, 4.69) is 15.3 Å². The molecule has 0 fully saturated rings. The maximum absolute atomic E-state index is 12.8. The van der Waals surface area contributed by atoms with Gasteiger partial charge >= 0.3 is 0 Å². The Morgan fingerprint density at radius 1 is 1.19 bits per heavy atom. The minimum absolute atomic E-state index is 0.0520. The van der Waals surface area contributed by atoms with Crippen LogP contribution in [0.15, 0.2) is 52.6 Å². The first-order valence-corrected chi connectivity index (χ1v) is 12.1. The number of carbonyl (C=O) groups excluding carboxylic acids is 1.